The Hall–Kier alpha value is -0.790. The van der Waals surface area contributed by atoms with Crippen molar-refractivity contribution in [3.8, 4) is 0 Å². The summed E-state index contributed by atoms with van der Waals surface area (Å²) in [5.41, 5.74) is -0.389. The van der Waals surface area contributed by atoms with Crippen molar-refractivity contribution < 1.29 is 18.5 Å². The molecule has 1 N–H and O–H groups in total. The second-order valence-corrected chi connectivity index (χ2v) is 10.7. The highest BCUT2D eigenvalue weighted by atomic mass is 32.2. The average molecular weight is 365 g/mol. The lowest BCUT2D eigenvalue weighted by molar-refractivity contribution is -0.0629. The van der Waals surface area contributed by atoms with Gasteiger partial charge >= 0.3 is 6.09 Å². The number of methoxy groups -OCH3 is 1. The van der Waals surface area contributed by atoms with Gasteiger partial charge in [-0.15, -0.1) is 0 Å². The summed E-state index contributed by atoms with van der Waals surface area (Å²) in [5, 5.41) is 2.67. The first-order valence-electron chi connectivity index (χ1n) is 8.16. The smallest absolute Gasteiger partial charge is 0.406 e. The third-order valence-corrected chi connectivity index (χ3v) is 5.49. The Morgan fingerprint density at radius 2 is 1.75 bits per heavy atom. The molecular weight excluding hydrogens is 328 g/mol. The molecule has 0 aromatic heterocycles. The molecule has 0 aromatic carbocycles. The van der Waals surface area contributed by atoms with Crippen LogP contribution in [0.5, 0.6) is 0 Å². The lowest BCUT2D eigenvalue weighted by atomic mass is 9.90. The molecular formula is C17H36N2O4S. The van der Waals surface area contributed by atoms with Gasteiger partial charge in [-0.2, -0.15) is 0 Å². The predicted molar refractivity (Wildman–Crippen MR) is 102 cm³/mol. The molecule has 0 fully saturated rings. The number of rotatable bonds is 7. The molecule has 0 saturated heterocycles. The van der Waals surface area contributed by atoms with Crippen molar-refractivity contribution >= 4 is 21.7 Å². The first kappa shape index (κ1) is 23.2. The highest BCUT2D eigenvalue weighted by Crippen LogP contribution is 2.24. The quantitative estimate of drug-likeness (QED) is 0.705. The third kappa shape index (κ3) is 8.35. The zero-order chi connectivity index (χ0) is 19.3. The van der Waals surface area contributed by atoms with E-state index in [1.807, 2.05) is 32.0 Å². The highest BCUT2D eigenvalue weighted by Gasteiger charge is 2.31. The molecule has 0 rings (SSSR count). The topological polar surface area (TPSA) is 67.9 Å². The van der Waals surface area contributed by atoms with Crippen LogP contribution in [0, 0.1) is 5.41 Å². The molecule has 3 unspecified atom stereocenters. The van der Waals surface area contributed by atoms with Gasteiger partial charge in [0.05, 0.1) is 19.3 Å². The molecule has 144 valence electrons. The number of nitrogens with one attached hydrogen (secondary N) is 1. The molecule has 0 aromatic rings. The molecule has 0 spiro atoms. The molecule has 7 heteroatoms. The number of hydrogen-bond acceptors (Lipinski definition) is 4. The molecule has 0 bridgehead atoms. The number of alkyl carbamates (subject to hydrolysis) is 1. The van der Waals surface area contributed by atoms with Gasteiger partial charge in [0.15, 0.2) is 0 Å². The van der Waals surface area contributed by atoms with E-state index in [2.05, 4.69) is 36.7 Å². The van der Waals surface area contributed by atoms with E-state index in [9.17, 15) is 9.00 Å². The number of ether oxygens (including phenoxy) is 2. The zero-order valence-corrected chi connectivity index (χ0v) is 17.6. The minimum Gasteiger partial charge on any atom is -0.453 e. The van der Waals surface area contributed by atoms with Crippen LogP contribution in [0.15, 0.2) is 0 Å². The normalized spacial score (nSPS) is 17.9. The Morgan fingerprint density at radius 3 is 2.08 bits per heavy atom. The summed E-state index contributed by atoms with van der Waals surface area (Å²) in [6, 6.07) is 0. The zero-order valence-electron chi connectivity index (χ0n) is 16.8. The number of carbonyl (C=O) groups is 1. The Balaban J connectivity index is 5.32. The Labute approximate surface area is 148 Å². The first-order chi connectivity index (χ1) is 10.6. The monoisotopic (exact) mass is 364 g/mol. The van der Waals surface area contributed by atoms with Crippen molar-refractivity contribution in [2.75, 3.05) is 26.5 Å². The lowest BCUT2D eigenvalue weighted by Crippen LogP contribution is -2.52. The fourth-order valence-electron chi connectivity index (χ4n) is 2.11. The van der Waals surface area contributed by atoms with E-state index in [4.69, 9.17) is 4.74 Å². The number of nitrogens with zero attached hydrogens (tertiary/aromatic N) is 1. The summed E-state index contributed by atoms with van der Waals surface area (Å²) in [5.74, 6) is 3.82. The van der Waals surface area contributed by atoms with Crippen molar-refractivity contribution in [3.63, 3.8) is 0 Å². The highest BCUT2D eigenvalue weighted by molar-refractivity contribution is 7.97. The van der Waals surface area contributed by atoms with Crippen molar-refractivity contribution in [3.05, 3.63) is 0 Å². The van der Waals surface area contributed by atoms with Crippen LogP contribution in [-0.4, -0.2) is 64.7 Å². The molecule has 24 heavy (non-hydrogen) atoms. The van der Waals surface area contributed by atoms with E-state index in [-0.39, 0.29) is 29.7 Å². The Kier molecular flexibility index (Phi) is 8.26. The van der Waals surface area contributed by atoms with Gasteiger partial charge in [0.1, 0.15) is 0 Å². The van der Waals surface area contributed by atoms with Crippen LogP contribution in [-0.2, 0) is 19.2 Å². The van der Waals surface area contributed by atoms with E-state index in [1.165, 1.54) is 7.11 Å². The third-order valence-electron chi connectivity index (χ3n) is 3.86. The van der Waals surface area contributed by atoms with Gasteiger partial charge in [0, 0.05) is 34.6 Å². The first-order valence-corrected chi connectivity index (χ1v) is 10.3. The number of hydrogen-bond donors (Lipinski definition) is 1. The average Bonchev–Trinajstić information content (AvgIpc) is 2.36. The van der Waals surface area contributed by atoms with E-state index >= 15 is 0 Å². The molecule has 1 amide bonds. The largest absolute Gasteiger partial charge is 0.453 e. The van der Waals surface area contributed by atoms with E-state index in [0.717, 1.165) is 0 Å². The summed E-state index contributed by atoms with van der Waals surface area (Å²) in [7, 11) is -1.10. The SMILES string of the molecule is C=S(C)(=O)N(CC(CNC(=O)OC)OC(C)C(C)(C)C)C(C)(C)C. The van der Waals surface area contributed by atoms with Crippen LogP contribution in [0.2, 0.25) is 0 Å². The van der Waals surface area contributed by atoms with Crippen LogP contribution >= 0.6 is 0 Å². The molecule has 0 aliphatic carbocycles. The number of amides is 1. The molecule has 0 heterocycles. The van der Waals surface area contributed by atoms with Gasteiger partial charge in [0.25, 0.3) is 0 Å². The Bertz CT molecular complexity index is 504. The molecule has 0 aliphatic rings. The molecule has 0 saturated carbocycles. The minimum absolute atomic E-state index is 0.0403. The summed E-state index contributed by atoms with van der Waals surface area (Å²) in [4.78, 5) is 11.4. The Morgan fingerprint density at radius 1 is 1.25 bits per heavy atom. The molecule has 0 radical (unpaired) electrons. The molecule has 6 nitrogen and oxygen atoms in total. The van der Waals surface area contributed by atoms with Crippen molar-refractivity contribution in [1.29, 1.82) is 0 Å². The van der Waals surface area contributed by atoms with E-state index < -0.39 is 15.8 Å². The van der Waals surface area contributed by atoms with Gasteiger partial charge in [-0.05, 0) is 39.0 Å². The second-order valence-electron chi connectivity index (χ2n) is 8.33. The summed E-state index contributed by atoms with van der Waals surface area (Å²) in [6.07, 6.45) is 0.735. The number of carbonyl (C=O) groups excluding carboxylic acids is 1. The minimum atomic E-state index is -2.42. The van der Waals surface area contributed by atoms with Crippen LogP contribution in [0.4, 0.5) is 4.79 Å². The van der Waals surface area contributed by atoms with E-state index in [0.29, 0.717) is 6.54 Å². The molecule has 0 aliphatic heterocycles. The molecule has 3 atom stereocenters. The summed E-state index contributed by atoms with van der Waals surface area (Å²) >= 11 is 0. The van der Waals surface area contributed by atoms with Crippen LogP contribution in [0.1, 0.15) is 48.5 Å². The van der Waals surface area contributed by atoms with Crippen molar-refractivity contribution in [2.24, 2.45) is 5.41 Å². The van der Waals surface area contributed by atoms with Gasteiger partial charge in [0.2, 0.25) is 0 Å². The van der Waals surface area contributed by atoms with Crippen LogP contribution in [0.25, 0.3) is 0 Å². The van der Waals surface area contributed by atoms with Gasteiger partial charge < -0.3 is 14.8 Å². The van der Waals surface area contributed by atoms with Crippen molar-refractivity contribution in [1.82, 2.24) is 9.62 Å². The van der Waals surface area contributed by atoms with Crippen LogP contribution < -0.4 is 5.32 Å². The maximum Gasteiger partial charge on any atom is 0.406 e. The fourth-order valence-corrected chi connectivity index (χ4v) is 3.75. The van der Waals surface area contributed by atoms with Crippen molar-refractivity contribution in [2.45, 2.75) is 66.2 Å². The van der Waals surface area contributed by atoms with Gasteiger partial charge in [-0.25, -0.2) is 9.10 Å². The van der Waals surface area contributed by atoms with Crippen LogP contribution in [0.3, 0.4) is 0 Å². The maximum absolute atomic E-state index is 12.6. The summed E-state index contributed by atoms with van der Waals surface area (Å²) < 4.78 is 25.2. The van der Waals surface area contributed by atoms with E-state index in [1.54, 1.807) is 6.26 Å². The second kappa shape index (κ2) is 8.54. The predicted octanol–water partition coefficient (Wildman–Crippen LogP) is 2.52. The van der Waals surface area contributed by atoms with Gasteiger partial charge in [-0.3, -0.25) is 4.21 Å². The standard InChI is InChI=1S/C17H36N2O4S/c1-13(16(2,3)4)23-14(11-18-15(20)22-8)12-19(17(5,6)7)24(9,10)21/h13-14H,9,11-12H2,1-8,10H3,(H,18,20). The van der Waals surface area contributed by atoms with Gasteiger partial charge in [-0.1, -0.05) is 20.8 Å². The maximum atomic E-state index is 12.6. The summed E-state index contributed by atoms with van der Waals surface area (Å²) in [6.45, 7) is 14.9. The fraction of sp³-hybridized carbons (Fsp3) is 0.882. The lowest BCUT2D eigenvalue weighted by Gasteiger charge is -2.40.